The summed E-state index contributed by atoms with van der Waals surface area (Å²) in [5.74, 6) is -0.152. The van der Waals surface area contributed by atoms with Crippen LogP contribution in [0.15, 0.2) is 12.3 Å². The van der Waals surface area contributed by atoms with E-state index in [1.54, 1.807) is 17.8 Å². The van der Waals surface area contributed by atoms with Gasteiger partial charge in [-0.25, -0.2) is 0 Å². The van der Waals surface area contributed by atoms with Crippen molar-refractivity contribution in [3.8, 4) is 0 Å². The number of rotatable bonds is 3. The van der Waals surface area contributed by atoms with Gasteiger partial charge in [0.25, 0.3) is 0 Å². The Morgan fingerprint density at radius 3 is 3.00 bits per heavy atom. The molecule has 5 heteroatoms. The van der Waals surface area contributed by atoms with Crippen molar-refractivity contribution in [2.45, 2.75) is 19.5 Å². The van der Waals surface area contributed by atoms with Gasteiger partial charge >= 0.3 is 0 Å². The largest absolute Gasteiger partial charge is 0.349 e. The molecule has 1 aromatic heterocycles. The van der Waals surface area contributed by atoms with E-state index in [0.717, 1.165) is 5.69 Å². The van der Waals surface area contributed by atoms with Gasteiger partial charge in [-0.05, 0) is 13.0 Å². The van der Waals surface area contributed by atoms with Crippen molar-refractivity contribution in [2.24, 2.45) is 12.8 Å². The average Bonchev–Trinajstić information content (AvgIpc) is 2.47. The van der Waals surface area contributed by atoms with Gasteiger partial charge in [0.05, 0.1) is 18.3 Å². The summed E-state index contributed by atoms with van der Waals surface area (Å²) in [6, 6.07) is 1.38. The van der Waals surface area contributed by atoms with Crippen LogP contribution in [0.2, 0.25) is 0 Å². The van der Waals surface area contributed by atoms with Crippen molar-refractivity contribution in [3.63, 3.8) is 0 Å². The van der Waals surface area contributed by atoms with Crippen molar-refractivity contribution in [3.05, 3.63) is 18.0 Å². The van der Waals surface area contributed by atoms with Crippen LogP contribution in [0.3, 0.4) is 0 Å². The molecule has 0 bridgehead atoms. The first-order valence-corrected chi connectivity index (χ1v) is 4.11. The summed E-state index contributed by atoms with van der Waals surface area (Å²) in [7, 11) is 1.83. The molecule has 0 aliphatic carbocycles. The number of aromatic nitrogens is 2. The van der Waals surface area contributed by atoms with Crippen LogP contribution in [-0.2, 0) is 18.4 Å². The number of nitrogens with one attached hydrogen (secondary N) is 1. The average molecular weight is 182 g/mol. The van der Waals surface area contributed by atoms with Crippen molar-refractivity contribution in [1.29, 1.82) is 0 Å². The lowest BCUT2D eigenvalue weighted by molar-refractivity contribution is -0.122. The molecule has 3 N–H and O–H groups in total. The Bertz CT molecular complexity index is 292. The molecule has 0 unspecified atom stereocenters. The molecule has 1 heterocycles. The zero-order chi connectivity index (χ0) is 9.84. The van der Waals surface area contributed by atoms with Crippen LogP contribution in [0.5, 0.6) is 0 Å². The minimum absolute atomic E-state index is 0.152. The molecule has 1 aromatic rings. The molecule has 1 amide bonds. The second kappa shape index (κ2) is 4.04. The fourth-order valence-corrected chi connectivity index (χ4v) is 0.913. The maximum atomic E-state index is 11.1. The Morgan fingerprint density at radius 2 is 2.54 bits per heavy atom. The molecule has 0 saturated carbocycles. The van der Waals surface area contributed by atoms with E-state index in [1.165, 1.54) is 0 Å². The van der Waals surface area contributed by atoms with E-state index in [1.807, 2.05) is 13.1 Å². The summed E-state index contributed by atoms with van der Waals surface area (Å²) < 4.78 is 1.71. The number of carbonyl (C=O) groups is 1. The molecular formula is C8H14N4O. The van der Waals surface area contributed by atoms with Crippen molar-refractivity contribution >= 4 is 5.91 Å². The molecule has 13 heavy (non-hydrogen) atoms. The number of nitrogens with zero attached hydrogens (tertiary/aromatic N) is 2. The quantitative estimate of drug-likeness (QED) is 0.654. The Hall–Kier alpha value is -1.36. The first kappa shape index (κ1) is 9.73. The second-order valence-electron chi connectivity index (χ2n) is 2.95. The molecule has 0 fully saturated rings. The summed E-state index contributed by atoms with van der Waals surface area (Å²) in [6.07, 6.45) is 1.69. The maximum Gasteiger partial charge on any atom is 0.236 e. The van der Waals surface area contributed by atoms with Gasteiger partial charge in [-0.3, -0.25) is 9.48 Å². The molecule has 0 saturated heterocycles. The molecule has 0 aliphatic rings. The number of aryl methyl sites for hydroxylation is 1. The molecule has 5 nitrogen and oxygen atoms in total. The van der Waals surface area contributed by atoms with Crippen molar-refractivity contribution < 1.29 is 4.79 Å². The monoisotopic (exact) mass is 182 g/mol. The number of hydrogen-bond acceptors (Lipinski definition) is 3. The normalized spacial score (nSPS) is 12.5. The number of nitrogens with two attached hydrogens (primary N) is 1. The number of carbonyl (C=O) groups excluding carboxylic acids is 1. The topological polar surface area (TPSA) is 72.9 Å². The smallest absolute Gasteiger partial charge is 0.236 e. The Kier molecular flexibility index (Phi) is 3.02. The molecule has 0 spiro atoms. The molecular weight excluding hydrogens is 168 g/mol. The minimum Gasteiger partial charge on any atom is -0.349 e. The number of amides is 1. The summed E-state index contributed by atoms with van der Waals surface area (Å²) in [6.45, 7) is 2.12. The van der Waals surface area contributed by atoms with E-state index in [9.17, 15) is 4.79 Å². The Balaban J connectivity index is 2.44. The fourth-order valence-electron chi connectivity index (χ4n) is 0.913. The number of hydrogen-bond donors (Lipinski definition) is 2. The molecule has 0 aromatic carbocycles. The third kappa shape index (κ3) is 2.55. The van der Waals surface area contributed by atoms with Gasteiger partial charge in [0, 0.05) is 13.2 Å². The van der Waals surface area contributed by atoms with Crippen LogP contribution in [0.4, 0.5) is 0 Å². The van der Waals surface area contributed by atoms with Gasteiger partial charge in [0.2, 0.25) is 5.91 Å². The lowest BCUT2D eigenvalue weighted by atomic mass is 10.3. The highest BCUT2D eigenvalue weighted by molar-refractivity contribution is 5.80. The van der Waals surface area contributed by atoms with Crippen LogP contribution in [0.1, 0.15) is 12.6 Å². The molecule has 1 atom stereocenters. The summed E-state index contributed by atoms with van der Waals surface area (Å²) in [5, 5.41) is 6.67. The second-order valence-corrected chi connectivity index (χ2v) is 2.95. The summed E-state index contributed by atoms with van der Waals surface area (Å²) in [5.41, 5.74) is 6.33. The van der Waals surface area contributed by atoms with E-state index in [2.05, 4.69) is 10.4 Å². The third-order valence-corrected chi connectivity index (χ3v) is 1.78. The van der Waals surface area contributed by atoms with Crippen LogP contribution >= 0.6 is 0 Å². The van der Waals surface area contributed by atoms with Crippen LogP contribution in [0.25, 0.3) is 0 Å². The van der Waals surface area contributed by atoms with Gasteiger partial charge in [0.15, 0.2) is 0 Å². The Morgan fingerprint density at radius 1 is 1.85 bits per heavy atom. The first-order chi connectivity index (χ1) is 6.11. The predicted molar refractivity (Wildman–Crippen MR) is 48.7 cm³/mol. The molecule has 0 radical (unpaired) electrons. The van der Waals surface area contributed by atoms with Crippen LogP contribution in [-0.4, -0.2) is 21.7 Å². The van der Waals surface area contributed by atoms with Crippen LogP contribution < -0.4 is 11.1 Å². The van der Waals surface area contributed by atoms with Gasteiger partial charge in [-0.1, -0.05) is 0 Å². The highest BCUT2D eigenvalue weighted by Gasteiger charge is 2.06. The summed E-state index contributed by atoms with van der Waals surface area (Å²) in [4.78, 5) is 11.1. The van der Waals surface area contributed by atoms with Crippen molar-refractivity contribution in [1.82, 2.24) is 15.1 Å². The fraction of sp³-hybridized carbons (Fsp3) is 0.500. The van der Waals surface area contributed by atoms with E-state index in [4.69, 9.17) is 5.73 Å². The van der Waals surface area contributed by atoms with Gasteiger partial charge in [-0.2, -0.15) is 5.10 Å². The standard InChI is InChI=1S/C8H14N4O/c1-6(9)8(13)10-5-7-3-4-11-12(7)2/h3-4,6H,5,9H2,1-2H3,(H,10,13)/t6-/m0/s1. The van der Waals surface area contributed by atoms with Gasteiger partial charge < -0.3 is 11.1 Å². The molecule has 0 aliphatic heterocycles. The van der Waals surface area contributed by atoms with E-state index < -0.39 is 6.04 Å². The maximum absolute atomic E-state index is 11.1. The lowest BCUT2D eigenvalue weighted by Crippen LogP contribution is -2.38. The van der Waals surface area contributed by atoms with Crippen LogP contribution in [0, 0.1) is 0 Å². The Labute approximate surface area is 76.9 Å². The first-order valence-electron chi connectivity index (χ1n) is 4.11. The predicted octanol–water partition coefficient (Wildman–Crippen LogP) is -0.617. The SMILES string of the molecule is C[C@H](N)C(=O)NCc1ccnn1C. The highest BCUT2D eigenvalue weighted by Crippen LogP contribution is 1.94. The van der Waals surface area contributed by atoms with E-state index in [0.29, 0.717) is 6.54 Å². The third-order valence-electron chi connectivity index (χ3n) is 1.78. The summed E-state index contributed by atoms with van der Waals surface area (Å²) >= 11 is 0. The van der Waals surface area contributed by atoms with Gasteiger partial charge in [0.1, 0.15) is 0 Å². The zero-order valence-electron chi connectivity index (χ0n) is 7.82. The van der Waals surface area contributed by atoms with E-state index >= 15 is 0 Å². The van der Waals surface area contributed by atoms with E-state index in [-0.39, 0.29) is 5.91 Å². The minimum atomic E-state index is -0.465. The van der Waals surface area contributed by atoms with Gasteiger partial charge in [-0.15, -0.1) is 0 Å². The molecule has 72 valence electrons. The highest BCUT2D eigenvalue weighted by atomic mass is 16.2. The zero-order valence-corrected chi connectivity index (χ0v) is 7.82. The van der Waals surface area contributed by atoms with Crippen molar-refractivity contribution in [2.75, 3.05) is 0 Å². The lowest BCUT2D eigenvalue weighted by Gasteiger charge is -2.07. The molecule has 1 rings (SSSR count).